The van der Waals surface area contributed by atoms with Crippen molar-refractivity contribution in [1.82, 2.24) is 14.5 Å². The van der Waals surface area contributed by atoms with Gasteiger partial charge in [-0.1, -0.05) is 30.3 Å². The highest BCUT2D eigenvalue weighted by Gasteiger charge is 2.44. The molecule has 0 spiro atoms. The first kappa shape index (κ1) is 20.6. The van der Waals surface area contributed by atoms with E-state index in [0.717, 1.165) is 28.3 Å². The van der Waals surface area contributed by atoms with Crippen molar-refractivity contribution in [3.8, 4) is 0 Å². The van der Waals surface area contributed by atoms with Crippen LogP contribution in [-0.4, -0.2) is 46.1 Å². The number of fused-ring (bicyclic) bond motifs is 1. The third-order valence-corrected chi connectivity index (χ3v) is 7.33. The molecule has 8 heteroatoms. The topological polar surface area (TPSA) is 79.6 Å². The number of anilines is 1. The van der Waals surface area contributed by atoms with Gasteiger partial charge in [-0.2, -0.15) is 0 Å². The molecule has 2 atom stereocenters. The Bertz CT molecular complexity index is 1150. The van der Waals surface area contributed by atoms with Gasteiger partial charge in [0.1, 0.15) is 11.5 Å². The zero-order valence-electron chi connectivity index (χ0n) is 17.9. The van der Waals surface area contributed by atoms with Crippen LogP contribution >= 0.6 is 11.3 Å². The summed E-state index contributed by atoms with van der Waals surface area (Å²) in [4.78, 5) is 36.9. The highest BCUT2D eigenvalue weighted by molar-refractivity contribution is 7.17. The van der Waals surface area contributed by atoms with Gasteiger partial charge >= 0.3 is 0 Å². The van der Waals surface area contributed by atoms with Gasteiger partial charge in [0.05, 0.1) is 12.9 Å². The molecule has 2 amide bonds. The first-order valence-electron chi connectivity index (χ1n) is 10.8. The largest absolute Gasteiger partial charge is 0.336 e. The number of rotatable bonds is 6. The Morgan fingerprint density at radius 2 is 2.16 bits per heavy atom. The van der Waals surface area contributed by atoms with Crippen molar-refractivity contribution < 1.29 is 9.59 Å². The molecule has 0 bridgehead atoms. The summed E-state index contributed by atoms with van der Waals surface area (Å²) in [6.07, 6.45) is 8.60. The van der Waals surface area contributed by atoms with E-state index in [9.17, 15) is 9.59 Å². The van der Waals surface area contributed by atoms with Gasteiger partial charge < -0.3 is 14.8 Å². The standard InChI is InChI=1S/C24H25N5O2S/c1-25-12-20-17-7-9-29(22(30)14-28-10-8-26-15-28)13-21(17)32-24(20)27-23(31)19-11-18(19)16-5-3-2-4-6-16/h2-6,8,10,12,15,18-19H,7,9,11,13-14H2,1H3,(H,27,31). The number of imidazole rings is 1. The maximum Gasteiger partial charge on any atom is 0.242 e. The van der Waals surface area contributed by atoms with Crippen molar-refractivity contribution in [2.24, 2.45) is 10.9 Å². The van der Waals surface area contributed by atoms with Crippen LogP contribution in [0.5, 0.6) is 0 Å². The summed E-state index contributed by atoms with van der Waals surface area (Å²) < 4.78 is 1.78. The third-order valence-electron chi connectivity index (χ3n) is 6.18. The molecule has 2 unspecified atom stereocenters. The first-order chi connectivity index (χ1) is 15.6. The van der Waals surface area contributed by atoms with Gasteiger partial charge in [-0.05, 0) is 29.9 Å². The summed E-state index contributed by atoms with van der Waals surface area (Å²) >= 11 is 1.57. The number of thiophene rings is 1. The van der Waals surface area contributed by atoms with E-state index in [2.05, 4.69) is 27.4 Å². The first-order valence-corrected chi connectivity index (χ1v) is 11.6. The second-order valence-corrected chi connectivity index (χ2v) is 9.39. The predicted molar refractivity (Wildman–Crippen MR) is 125 cm³/mol. The lowest BCUT2D eigenvalue weighted by Crippen LogP contribution is -2.37. The van der Waals surface area contributed by atoms with Crippen LogP contribution in [0.4, 0.5) is 5.00 Å². The second-order valence-electron chi connectivity index (χ2n) is 8.28. The van der Waals surface area contributed by atoms with Crippen molar-refractivity contribution in [2.45, 2.75) is 31.8 Å². The van der Waals surface area contributed by atoms with E-state index in [1.165, 1.54) is 11.1 Å². The number of hydrogen-bond donors (Lipinski definition) is 1. The van der Waals surface area contributed by atoms with Crippen LogP contribution in [0.2, 0.25) is 0 Å². The Morgan fingerprint density at radius 3 is 2.91 bits per heavy atom. The number of nitrogens with zero attached hydrogens (tertiary/aromatic N) is 4. The molecule has 32 heavy (non-hydrogen) atoms. The van der Waals surface area contributed by atoms with E-state index in [1.54, 1.807) is 41.7 Å². The number of aromatic nitrogens is 2. The number of nitrogens with one attached hydrogen (secondary N) is 1. The van der Waals surface area contributed by atoms with Crippen LogP contribution in [0.15, 0.2) is 54.0 Å². The summed E-state index contributed by atoms with van der Waals surface area (Å²) in [5.41, 5.74) is 3.40. The van der Waals surface area contributed by atoms with E-state index in [0.29, 0.717) is 19.0 Å². The van der Waals surface area contributed by atoms with Gasteiger partial charge in [0.2, 0.25) is 11.8 Å². The smallest absolute Gasteiger partial charge is 0.242 e. The van der Waals surface area contributed by atoms with Gasteiger partial charge in [-0.3, -0.25) is 14.6 Å². The quantitative estimate of drug-likeness (QED) is 0.589. The molecule has 3 heterocycles. The SMILES string of the molecule is CN=Cc1c(NC(=O)C2CC2c2ccccc2)sc2c1CCN(C(=O)Cn1ccnc1)C2. The van der Waals surface area contributed by atoms with E-state index in [4.69, 9.17) is 0 Å². The maximum absolute atomic E-state index is 13.0. The molecule has 0 saturated heterocycles. The normalized spacial score (nSPS) is 19.7. The van der Waals surface area contributed by atoms with E-state index in [-0.39, 0.29) is 24.3 Å². The third kappa shape index (κ3) is 4.10. The summed E-state index contributed by atoms with van der Waals surface area (Å²) in [5, 5.41) is 4.01. The highest BCUT2D eigenvalue weighted by atomic mass is 32.1. The Balaban J connectivity index is 1.30. The molecular formula is C24H25N5O2S. The average Bonchev–Trinajstić information content (AvgIpc) is 3.33. The lowest BCUT2D eigenvalue weighted by Gasteiger charge is -2.27. The average molecular weight is 448 g/mol. The number of benzene rings is 1. The van der Waals surface area contributed by atoms with Crippen molar-refractivity contribution in [1.29, 1.82) is 0 Å². The van der Waals surface area contributed by atoms with Crippen molar-refractivity contribution in [3.63, 3.8) is 0 Å². The highest BCUT2D eigenvalue weighted by Crippen LogP contribution is 2.48. The number of amides is 2. The van der Waals surface area contributed by atoms with Gasteiger partial charge in [-0.25, -0.2) is 4.98 Å². The molecule has 1 saturated carbocycles. The minimum Gasteiger partial charge on any atom is -0.336 e. The van der Waals surface area contributed by atoms with E-state index in [1.807, 2.05) is 29.3 Å². The molecule has 2 aromatic heterocycles. The lowest BCUT2D eigenvalue weighted by atomic mass is 10.0. The van der Waals surface area contributed by atoms with Crippen LogP contribution in [0, 0.1) is 5.92 Å². The van der Waals surface area contributed by atoms with Crippen LogP contribution in [0.1, 0.15) is 33.9 Å². The minimum atomic E-state index is 0.0104. The Hall–Kier alpha value is -3.26. The molecule has 1 fully saturated rings. The minimum absolute atomic E-state index is 0.0104. The monoisotopic (exact) mass is 447 g/mol. The molecule has 0 radical (unpaired) electrons. The van der Waals surface area contributed by atoms with Gasteiger partial charge in [0.25, 0.3) is 0 Å². The van der Waals surface area contributed by atoms with Crippen molar-refractivity contribution in [2.75, 3.05) is 18.9 Å². The molecule has 1 aromatic carbocycles. The molecule has 164 valence electrons. The summed E-state index contributed by atoms with van der Waals surface area (Å²) in [7, 11) is 1.74. The van der Waals surface area contributed by atoms with Gasteiger partial charge in [0.15, 0.2) is 0 Å². The lowest BCUT2D eigenvalue weighted by molar-refractivity contribution is -0.132. The van der Waals surface area contributed by atoms with Crippen molar-refractivity contribution in [3.05, 3.63) is 70.6 Å². The molecule has 7 nitrogen and oxygen atoms in total. The fourth-order valence-corrected chi connectivity index (χ4v) is 5.63. The van der Waals surface area contributed by atoms with Crippen LogP contribution in [-0.2, 0) is 29.1 Å². The molecule has 1 aliphatic carbocycles. The number of carbonyl (C=O) groups is 2. The van der Waals surface area contributed by atoms with Crippen LogP contribution in [0.3, 0.4) is 0 Å². The summed E-state index contributed by atoms with van der Waals surface area (Å²) in [6.45, 7) is 1.51. The zero-order valence-corrected chi connectivity index (χ0v) is 18.7. The number of aliphatic imine (C=N–C) groups is 1. The van der Waals surface area contributed by atoms with E-state index >= 15 is 0 Å². The molecule has 2 aliphatic rings. The van der Waals surface area contributed by atoms with Crippen LogP contribution < -0.4 is 5.32 Å². The maximum atomic E-state index is 13.0. The molecular weight excluding hydrogens is 422 g/mol. The van der Waals surface area contributed by atoms with E-state index < -0.39 is 0 Å². The Kier molecular flexibility index (Phi) is 5.61. The van der Waals surface area contributed by atoms with Crippen molar-refractivity contribution >= 4 is 34.4 Å². The van der Waals surface area contributed by atoms with Gasteiger partial charge in [0, 0.05) is 48.6 Å². The number of carbonyl (C=O) groups excluding carboxylic acids is 2. The number of hydrogen-bond acceptors (Lipinski definition) is 5. The Labute approximate surface area is 190 Å². The molecule has 3 aromatic rings. The molecule has 1 N–H and O–H groups in total. The van der Waals surface area contributed by atoms with Crippen LogP contribution in [0.25, 0.3) is 0 Å². The predicted octanol–water partition coefficient (Wildman–Crippen LogP) is 3.32. The summed E-state index contributed by atoms with van der Waals surface area (Å²) in [5.74, 6) is 0.444. The van der Waals surface area contributed by atoms with Gasteiger partial charge in [-0.15, -0.1) is 11.3 Å². The Morgan fingerprint density at radius 1 is 1.31 bits per heavy atom. The molecule has 5 rings (SSSR count). The second kappa shape index (κ2) is 8.70. The molecule has 1 aliphatic heterocycles. The fourth-order valence-electron chi connectivity index (χ4n) is 4.39. The zero-order chi connectivity index (χ0) is 22.1. The fraction of sp³-hybridized carbons (Fsp3) is 0.333. The summed E-state index contributed by atoms with van der Waals surface area (Å²) in [6, 6.07) is 10.2.